The Morgan fingerprint density at radius 1 is 1.00 bits per heavy atom. The average Bonchev–Trinajstić information content (AvgIpc) is 2.82. The molecule has 0 fully saturated rings. The molecule has 180 valence electrons. The van der Waals surface area contributed by atoms with Crippen molar-refractivity contribution in [3.8, 4) is 11.5 Å². The standard InChI is InChI=1S/C25H27FN2O5S/c1-17(18-10-6-5-7-11-18)27-25(29)20-14-23(32-2)24(33-3)15-22(20)28(34(4,30)31)16-19-12-8-9-13-21(19)26/h5-15,17H,16H2,1-4H3,(H,27,29)/t17-/m1/s1. The van der Waals surface area contributed by atoms with Crippen molar-refractivity contribution in [2.45, 2.75) is 19.5 Å². The fourth-order valence-corrected chi connectivity index (χ4v) is 4.40. The molecule has 0 heterocycles. The number of methoxy groups -OCH3 is 2. The fraction of sp³-hybridized carbons (Fsp3) is 0.240. The zero-order chi connectivity index (χ0) is 24.9. The van der Waals surface area contributed by atoms with Gasteiger partial charge in [0.1, 0.15) is 5.82 Å². The van der Waals surface area contributed by atoms with E-state index < -0.39 is 21.7 Å². The molecule has 1 amide bonds. The van der Waals surface area contributed by atoms with Crippen molar-refractivity contribution in [3.63, 3.8) is 0 Å². The van der Waals surface area contributed by atoms with E-state index in [1.54, 1.807) is 6.07 Å². The minimum Gasteiger partial charge on any atom is -0.493 e. The summed E-state index contributed by atoms with van der Waals surface area (Å²) in [7, 11) is -1.10. The van der Waals surface area contributed by atoms with E-state index in [1.165, 1.54) is 44.6 Å². The van der Waals surface area contributed by atoms with Crippen LogP contribution in [-0.2, 0) is 16.6 Å². The van der Waals surface area contributed by atoms with E-state index in [9.17, 15) is 17.6 Å². The van der Waals surface area contributed by atoms with Gasteiger partial charge < -0.3 is 14.8 Å². The van der Waals surface area contributed by atoms with Crippen molar-refractivity contribution < 1.29 is 27.1 Å². The Kier molecular flexibility index (Phi) is 7.78. The van der Waals surface area contributed by atoms with E-state index in [0.717, 1.165) is 16.1 Å². The van der Waals surface area contributed by atoms with Gasteiger partial charge in [-0.15, -0.1) is 0 Å². The van der Waals surface area contributed by atoms with E-state index in [2.05, 4.69) is 5.32 Å². The van der Waals surface area contributed by atoms with Crippen LogP contribution in [0.25, 0.3) is 0 Å². The number of halogens is 1. The SMILES string of the molecule is COc1cc(C(=O)N[C@H](C)c2ccccc2)c(N(Cc2ccccc2F)S(C)(=O)=O)cc1OC. The summed E-state index contributed by atoms with van der Waals surface area (Å²) in [5.41, 5.74) is 1.12. The summed E-state index contributed by atoms with van der Waals surface area (Å²) in [6, 6.07) is 17.7. The molecule has 0 aliphatic carbocycles. The summed E-state index contributed by atoms with van der Waals surface area (Å²) in [4.78, 5) is 13.4. The van der Waals surface area contributed by atoms with Crippen LogP contribution >= 0.6 is 0 Å². The first-order valence-corrected chi connectivity index (χ1v) is 12.3. The minimum atomic E-state index is -3.92. The average molecular weight is 487 g/mol. The molecule has 9 heteroatoms. The Morgan fingerprint density at radius 3 is 2.18 bits per heavy atom. The molecule has 3 rings (SSSR count). The van der Waals surface area contributed by atoms with Gasteiger partial charge in [0.05, 0.1) is 44.3 Å². The monoisotopic (exact) mass is 486 g/mol. The van der Waals surface area contributed by atoms with Gasteiger partial charge in [-0.25, -0.2) is 12.8 Å². The number of hydrogen-bond donors (Lipinski definition) is 1. The van der Waals surface area contributed by atoms with E-state index in [4.69, 9.17) is 9.47 Å². The normalized spacial score (nSPS) is 12.0. The van der Waals surface area contributed by atoms with Crippen LogP contribution in [0.1, 0.15) is 34.5 Å². The summed E-state index contributed by atoms with van der Waals surface area (Å²) in [6.07, 6.45) is 0.999. The molecule has 0 aliphatic rings. The maximum absolute atomic E-state index is 14.4. The third-order valence-corrected chi connectivity index (χ3v) is 6.46. The highest BCUT2D eigenvalue weighted by molar-refractivity contribution is 7.92. The molecule has 0 bridgehead atoms. The molecule has 0 aliphatic heterocycles. The summed E-state index contributed by atoms with van der Waals surface area (Å²) in [5.74, 6) is -0.592. The number of carbonyl (C=O) groups excluding carboxylic acids is 1. The zero-order valence-corrected chi connectivity index (χ0v) is 20.2. The Balaban J connectivity index is 2.11. The van der Waals surface area contributed by atoms with Crippen molar-refractivity contribution in [1.82, 2.24) is 5.32 Å². The third-order valence-electron chi connectivity index (χ3n) is 5.33. The Bertz CT molecular complexity index is 1270. The number of hydrogen-bond acceptors (Lipinski definition) is 5. The van der Waals surface area contributed by atoms with Gasteiger partial charge in [-0.2, -0.15) is 0 Å². The van der Waals surface area contributed by atoms with Crippen LogP contribution in [0.3, 0.4) is 0 Å². The first kappa shape index (κ1) is 25.0. The number of nitrogens with one attached hydrogen (secondary N) is 1. The second-order valence-electron chi connectivity index (χ2n) is 7.69. The largest absolute Gasteiger partial charge is 0.493 e. The quantitative estimate of drug-likeness (QED) is 0.488. The molecule has 1 atom stereocenters. The minimum absolute atomic E-state index is 0.0427. The van der Waals surface area contributed by atoms with Crippen molar-refractivity contribution in [2.75, 3.05) is 24.8 Å². The molecule has 0 spiro atoms. The van der Waals surface area contributed by atoms with Gasteiger partial charge in [-0.05, 0) is 24.6 Å². The van der Waals surface area contributed by atoms with Crippen LogP contribution in [0.2, 0.25) is 0 Å². The van der Waals surface area contributed by atoms with Crippen molar-refractivity contribution in [1.29, 1.82) is 0 Å². The van der Waals surface area contributed by atoms with E-state index in [1.807, 2.05) is 37.3 Å². The third kappa shape index (κ3) is 5.66. The van der Waals surface area contributed by atoms with Crippen LogP contribution < -0.4 is 19.1 Å². The summed E-state index contributed by atoms with van der Waals surface area (Å²) in [5, 5.41) is 2.89. The number of carbonyl (C=O) groups is 1. The molecule has 0 aromatic heterocycles. The number of benzene rings is 3. The molecule has 0 unspecified atom stereocenters. The van der Waals surface area contributed by atoms with Crippen LogP contribution in [0.4, 0.5) is 10.1 Å². The number of anilines is 1. The van der Waals surface area contributed by atoms with Crippen LogP contribution in [0.5, 0.6) is 11.5 Å². The first-order chi connectivity index (χ1) is 16.2. The Hall–Kier alpha value is -3.59. The predicted octanol–water partition coefficient (Wildman–Crippen LogP) is 4.30. The molecular weight excluding hydrogens is 459 g/mol. The highest BCUT2D eigenvalue weighted by atomic mass is 32.2. The van der Waals surface area contributed by atoms with E-state index in [-0.39, 0.29) is 40.9 Å². The van der Waals surface area contributed by atoms with Gasteiger partial charge in [0.2, 0.25) is 10.0 Å². The van der Waals surface area contributed by atoms with E-state index in [0.29, 0.717) is 0 Å². The highest BCUT2D eigenvalue weighted by Gasteiger charge is 2.28. The Morgan fingerprint density at radius 2 is 1.59 bits per heavy atom. The first-order valence-electron chi connectivity index (χ1n) is 10.5. The summed E-state index contributed by atoms with van der Waals surface area (Å²) in [6.45, 7) is 1.51. The fourth-order valence-electron chi connectivity index (χ4n) is 3.52. The molecule has 3 aromatic rings. The van der Waals surface area contributed by atoms with Crippen molar-refractivity contribution in [3.05, 3.63) is 89.2 Å². The van der Waals surface area contributed by atoms with Crippen molar-refractivity contribution in [2.24, 2.45) is 0 Å². The van der Waals surface area contributed by atoms with Gasteiger partial charge in [0.15, 0.2) is 11.5 Å². The molecular formula is C25H27FN2O5S. The highest BCUT2D eigenvalue weighted by Crippen LogP contribution is 2.37. The molecule has 1 N–H and O–H groups in total. The summed E-state index contributed by atoms with van der Waals surface area (Å²) < 4.78 is 51.7. The number of amides is 1. The van der Waals surface area contributed by atoms with Crippen LogP contribution in [0.15, 0.2) is 66.7 Å². The number of ether oxygens (including phenoxy) is 2. The lowest BCUT2D eigenvalue weighted by Gasteiger charge is -2.26. The topological polar surface area (TPSA) is 84.9 Å². The number of rotatable bonds is 9. The summed E-state index contributed by atoms with van der Waals surface area (Å²) >= 11 is 0. The van der Waals surface area contributed by atoms with Crippen molar-refractivity contribution >= 4 is 21.6 Å². The lowest BCUT2D eigenvalue weighted by atomic mass is 10.1. The van der Waals surface area contributed by atoms with Gasteiger partial charge in [-0.3, -0.25) is 9.10 Å². The predicted molar refractivity (Wildman–Crippen MR) is 129 cm³/mol. The van der Waals surface area contributed by atoms with Gasteiger partial charge in [0, 0.05) is 11.6 Å². The van der Waals surface area contributed by atoms with Gasteiger partial charge >= 0.3 is 0 Å². The molecule has 0 radical (unpaired) electrons. The maximum Gasteiger partial charge on any atom is 0.254 e. The van der Waals surface area contributed by atoms with Gasteiger partial charge in [0.25, 0.3) is 5.91 Å². The molecule has 0 saturated heterocycles. The molecule has 7 nitrogen and oxygen atoms in total. The van der Waals surface area contributed by atoms with Crippen LogP contribution in [-0.4, -0.2) is 34.8 Å². The zero-order valence-electron chi connectivity index (χ0n) is 19.4. The van der Waals surface area contributed by atoms with E-state index >= 15 is 0 Å². The lowest BCUT2D eigenvalue weighted by Crippen LogP contribution is -2.33. The van der Waals surface area contributed by atoms with Gasteiger partial charge in [-0.1, -0.05) is 48.5 Å². The molecule has 34 heavy (non-hydrogen) atoms. The second kappa shape index (κ2) is 10.6. The molecule has 3 aromatic carbocycles. The van der Waals surface area contributed by atoms with Crippen LogP contribution in [0, 0.1) is 5.82 Å². The Labute approximate surface area is 199 Å². The molecule has 0 saturated carbocycles. The number of nitrogens with zero attached hydrogens (tertiary/aromatic N) is 1. The number of sulfonamides is 1. The maximum atomic E-state index is 14.4. The lowest BCUT2D eigenvalue weighted by molar-refractivity contribution is 0.0940. The smallest absolute Gasteiger partial charge is 0.254 e. The second-order valence-corrected chi connectivity index (χ2v) is 9.60.